The summed E-state index contributed by atoms with van der Waals surface area (Å²) >= 11 is 7.56. The van der Waals surface area contributed by atoms with Gasteiger partial charge in [-0.05, 0) is 68.4 Å². The highest BCUT2D eigenvalue weighted by atomic mass is 35.5. The number of thiophene rings is 1. The van der Waals surface area contributed by atoms with Crippen LogP contribution in [0.4, 0.5) is 5.82 Å². The minimum atomic E-state index is 0.321. The van der Waals surface area contributed by atoms with E-state index in [9.17, 15) is 0 Å². The standard InChI is InChI=1S/C14H19ClN4S/c1-19-7-3-10(4-8-19)2-6-16-12-11-5-9-20-13(11)18-14(15)17-12/h5,9-10H,2-4,6-8H2,1H3,(H,16,17,18). The molecule has 2 aromatic heterocycles. The van der Waals surface area contributed by atoms with Crippen LogP contribution in [0.25, 0.3) is 10.2 Å². The fourth-order valence-electron chi connectivity index (χ4n) is 2.71. The van der Waals surface area contributed by atoms with Gasteiger partial charge in [-0.15, -0.1) is 11.3 Å². The van der Waals surface area contributed by atoms with Crippen LogP contribution in [-0.4, -0.2) is 41.5 Å². The average molecular weight is 311 g/mol. The summed E-state index contributed by atoms with van der Waals surface area (Å²) in [6.07, 6.45) is 3.80. The molecular formula is C14H19ClN4S. The predicted octanol–water partition coefficient (Wildman–Crippen LogP) is 3.49. The molecule has 0 atom stereocenters. The van der Waals surface area contributed by atoms with E-state index in [4.69, 9.17) is 11.6 Å². The van der Waals surface area contributed by atoms with Gasteiger partial charge in [0.25, 0.3) is 0 Å². The zero-order valence-electron chi connectivity index (χ0n) is 11.6. The third-order valence-electron chi connectivity index (χ3n) is 3.98. The summed E-state index contributed by atoms with van der Waals surface area (Å²) in [5.41, 5.74) is 0. The third-order valence-corrected chi connectivity index (χ3v) is 4.96. The molecule has 0 aromatic carbocycles. The van der Waals surface area contributed by atoms with E-state index in [1.165, 1.54) is 32.4 Å². The monoisotopic (exact) mass is 310 g/mol. The van der Waals surface area contributed by atoms with Gasteiger partial charge < -0.3 is 10.2 Å². The quantitative estimate of drug-likeness (QED) is 0.878. The second-order valence-electron chi connectivity index (χ2n) is 5.44. The number of rotatable bonds is 4. The van der Waals surface area contributed by atoms with Crippen LogP contribution in [0.3, 0.4) is 0 Å². The van der Waals surface area contributed by atoms with Crippen molar-refractivity contribution in [3.8, 4) is 0 Å². The summed E-state index contributed by atoms with van der Waals surface area (Å²) in [6.45, 7) is 3.39. The van der Waals surface area contributed by atoms with Gasteiger partial charge in [0.15, 0.2) is 0 Å². The maximum Gasteiger partial charge on any atom is 0.225 e. The summed E-state index contributed by atoms with van der Waals surface area (Å²) in [5.74, 6) is 1.70. The van der Waals surface area contributed by atoms with Crippen LogP contribution >= 0.6 is 22.9 Å². The number of fused-ring (bicyclic) bond motifs is 1. The van der Waals surface area contributed by atoms with Crippen molar-refractivity contribution in [2.24, 2.45) is 5.92 Å². The van der Waals surface area contributed by atoms with Gasteiger partial charge in [-0.3, -0.25) is 0 Å². The molecule has 20 heavy (non-hydrogen) atoms. The Balaban J connectivity index is 1.58. The highest BCUT2D eigenvalue weighted by Gasteiger charge is 2.16. The van der Waals surface area contributed by atoms with Crippen LogP contribution in [0.5, 0.6) is 0 Å². The Morgan fingerprint density at radius 2 is 2.20 bits per heavy atom. The minimum Gasteiger partial charge on any atom is -0.369 e. The first-order valence-corrected chi connectivity index (χ1v) is 8.31. The number of nitrogens with zero attached hydrogens (tertiary/aromatic N) is 3. The van der Waals surface area contributed by atoms with Crippen molar-refractivity contribution >= 4 is 39.0 Å². The molecule has 0 saturated carbocycles. The number of hydrogen-bond donors (Lipinski definition) is 1. The van der Waals surface area contributed by atoms with Gasteiger partial charge in [-0.1, -0.05) is 0 Å². The Bertz CT molecular complexity index is 578. The maximum atomic E-state index is 5.96. The van der Waals surface area contributed by atoms with E-state index in [1.807, 2.05) is 11.4 Å². The van der Waals surface area contributed by atoms with Crippen molar-refractivity contribution in [3.63, 3.8) is 0 Å². The van der Waals surface area contributed by atoms with E-state index in [0.717, 1.165) is 28.5 Å². The fourth-order valence-corrected chi connectivity index (χ4v) is 3.69. The van der Waals surface area contributed by atoms with Crippen LogP contribution in [0, 0.1) is 5.92 Å². The van der Waals surface area contributed by atoms with E-state index in [2.05, 4.69) is 27.2 Å². The molecule has 0 spiro atoms. The van der Waals surface area contributed by atoms with Gasteiger partial charge in [-0.2, -0.15) is 0 Å². The predicted molar refractivity (Wildman–Crippen MR) is 85.8 cm³/mol. The highest BCUT2D eigenvalue weighted by Crippen LogP contribution is 2.27. The summed E-state index contributed by atoms with van der Waals surface area (Å²) in [6, 6.07) is 2.05. The normalized spacial score (nSPS) is 17.7. The van der Waals surface area contributed by atoms with Crippen LogP contribution < -0.4 is 5.32 Å². The van der Waals surface area contributed by atoms with Gasteiger partial charge in [0, 0.05) is 6.54 Å². The van der Waals surface area contributed by atoms with Crippen molar-refractivity contribution in [1.82, 2.24) is 14.9 Å². The Hall–Kier alpha value is -0.910. The fraction of sp³-hybridized carbons (Fsp3) is 0.571. The van der Waals surface area contributed by atoms with Crippen molar-refractivity contribution in [2.75, 3.05) is 32.0 Å². The number of aromatic nitrogens is 2. The highest BCUT2D eigenvalue weighted by molar-refractivity contribution is 7.16. The lowest BCUT2D eigenvalue weighted by Crippen LogP contribution is -2.30. The molecule has 0 radical (unpaired) electrons. The number of anilines is 1. The molecule has 1 fully saturated rings. The van der Waals surface area contributed by atoms with Gasteiger partial charge in [0.2, 0.25) is 5.28 Å². The van der Waals surface area contributed by atoms with Crippen LogP contribution in [0.1, 0.15) is 19.3 Å². The first-order chi connectivity index (χ1) is 9.72. The first kappa shape index (κ1) is 14.0. The van der Waals surface area contributed by atoms with Gasteiger partial charge in [0.1, 0.15) is 10.6 Å². The molecule has 3 rings (SSSR count). The lowest BCUT2D eigenvalue weighted by molar-refractivity contribution is 0.215. The second-order valence-corrected chi connectivity index (χ2v) is 6.68. The smallest absolute Gasteiger partial charge is 0.225 e. The Morgan fingerprint density at radius 3 is 3.00 bits per heavy atom. The molecule has 1 aliphatic heterocycles. The molecular weight excluding hydrogens is 292 g/mol. The molecule has 1 saturated heterocycles. The van der Waals surface area contributed by atoms with E-state index >= 15 is 0 Å². The lowest BCUT2D eigenvalue weighted by Gasteiger charge is -2.28. The Labute approximate surface area is 128 Å². The van der Waals surface area contributed by atoms with E-state index in [-0.39, 0.29) is 0 Å². The average Bonchev–Trinajstić information content (AvgIpc) is 2.89. The number of nitrogens with one attached hydrogen (secondary N) is 1. The van der Waals surface area contributed by atoms with Crippen LogP contribution in [0.15, 0.2) is 11.4 Å². The molecule has 3 heterocycles. The molecule has 0 unspecified atom stereocenters. The number of halogens is 1. The largest absolute Gasteiger partial charge is 0.369 e. The summed E-state index contributed by atoms with van der Waals surface area (Å²) < 4.78 is 0. The second kappa shape index (κ2) is 6.24. The summed E-state index contributed by atoms with van der Waals surface area (Å²) in [4.78, 5) is 11.9. The molecule has 2 aromatic rings. The van der Waals surface area contributed by atoms with Gasteiger partial charge in [0.05, 0.1) is 5.39 Å². The van der Waals surface area contributed by atoms with Gasteiger partial charge in [-0.25, -0.2) is 9.97 Å². The SMILES string of the molecule is CN1CCC(CCNc2nc(Cl)nc3sccc23)CC1. The van der Waals surface area contributed by atoms with Crippen molar-refractivity contribution < 1.29 is 0 Å². The van der Waals surface area contributed by atoms with Crippen molar-refractivity contribution in [3.05, 3.63) is 16.7 Å². The number of piperidine rings is 1. The molecule has 4 nitrogen and oxygen atoms in total. The van der Waals surface area contributed by atoms with Crippen molar-refractivity contribution in [2.45, 2.75) is 19.3 Å². The molecule has 0 bridgehead atoms. The Kier molecular flexibility index (Phi) is 4.38. The molecule has 6 heteroatoms. The van der Waals surface area contributed by atoms with E-state index in [0.29, 0.717) is 5.28 Å². The summed E-state index contributed by atoms with van der Waals surface area (Å²) in [5, 5.41) is 6.85. The van der Waals surface area contributed by atoms with Crippen LogP contribution in [-0.2, 0) is 0 Å². The topological polar surface area (TPSA) is 41.0 Å². The minimum absolute atomic E-state index is 0.321. The van der Waals surface area contributed by atoms with Crippen molar-refractivity contribution in [1.29, 1.82) is 0 Å². The zero-order valence-corrected chi connectivity index (χ0v) is 13.2. The number of hydrogen-bond acceptors (Lipinski definition) is 5. The molecule has 1 aliphatic rings. The third kappa shape index (κ3) is 3.22. The van der Waals surface area contributed by atoms with Crippen LogP contribution in [0.2, 0.25) is 5.28 Å². The van der Waals surface area contributed by atoms with E-state index < -0.39 is 0 Å². The molecule has 1 N–H and O–H groups in total. The first-order valence-electron chi connectivity index (χ1n) is 7.05. The lowest BCUT2D eigenvalue weighted by atomic mass is 9.94. The molecule has 0 amide bonds. The Morgan fingerprint density at radius 1 is 1.40 bits per heavy atom. The van der Waals surface area contributed by atoms with Gasteiger partial charge >= 0.3 is 0 Å². The zero-order chi connectivity index (χ0) is 13.9. The maximum absolute atomic E-state index is 5.96. The molecule has 0 aliphatic carbocycles. The van der Waals surface area contributed by atoms with E-state index in [1.54, 1.807) is 11.3 Å². The summed E-state index contributed by atoms with van der Waals surface area (Å²) in [7, 11) is 2.20. The molecule has 108 valence electrons. The number of likely N-dealkylation sites (tertiary alicyclic amines) is 1.